The van der Waals surface area contributed by atoms with Crippen LogP contribution in [0.15, 0.2) is 42.6 Å². The highest BCUT2D eigenvalue weighted by molar-refractivity contribution is 5.96. The molecule has 3 rings (SSSR count). The molecule has 0 bridgehead atoms. The summed E-state index contributed by atoms with van der Waals surface area (Å²) in [5, 5.41) is 0. The van der Waals surface area contributed by atoms with Crippen molar-refractivity contribution in [2.24, 2.45) is 0 Å². The summed E-state index contributed by atoms with van der Waals surface area (Å²) in [6.45, 7) is 1.20. The number of rotatable bonds is 5. The molecule has 112 valence electrons. The molecule has 0 aliphatic carbocycles. The summed E-state index contributed by atoms with van der Waals surface area (Å²) in [6, 6.07) is 11.0. The van der Waals surface area contributed by atoms with Crippen molar-refractivity contribution in [1.82, 2.24) is 9.88 Å². The zero-order chi connectivity index (χ0) is 15.4. The van der Waals surface area contributed by atoms with Gasteiger partial charge in [0.25, 0.3) is 5.91 Å². The molecule has 0 saturated heterocycles. The Hall–Kier alpha value is -2.69. The number of nitrogens with zero attached hydrogens (tertiary/aromatic N) is 2. The lowest BCUT2D eigenvalue weighted by Gasteiger charge is -2.28. The van der Waals surface area contributed by atoms with Gasteiger partial charge in [-0.15, -0.1) is 0 Å². The summed E-state index contributed by atoms with van der Waals surface area (Å²) >= 11 is 0. The molecule has 1 aromatic heterocycles. The quantitative estimate of drug-likeness (QED) is 0.790. The molecule has 0 unspecified atom stereocenters. The van der Waals surface area contributed by atoms with Crippen LogP contribution in [-0.4, -0.2) is 35.2 Å². The van der Waals surface area contributed by atoms with Crippen molar-refractivity contribution in [2.75, 3.05) is 13.2 Å². The summed E-state index contributed by atoms with van der Waals surface area (Å²) in [5.41, 5.74) is 2.54. The van der Waals surface area contributed by atoms with Crippen molar-refractivity contribution in [2.45, 2.75) is 13.0 Å². The molecule has 1 aromatic carbocycles. The molecule has 1 aliphatic rings. The zero-order valence-electron chi connectivity index (χ0n) is 12.1. The van der Waals surface area contributed by atoms with Crippen LogP contribution in [-0.2, 0) is 17.8 Å². The molecule has 5 nitrogen and oxygen atoms in total. The van der Waals surface area contributed by atoms with E-state index in [9.17, 15) is 9.59 Å². The van der Waals surface area contributed by atoms with Gasteiger partial charge in [0.1, 0.15) is 12.4 Å². The lowest BCUT2D eigenvalue weighted by atomic mass is 9.98. The van der Waals surface area contributed by atoms with E-state index in [1.165, 1.54) is 0 Å². The van der Waals surface area contributed by atoms with Gasteiger partial charge in [0.15, 0.2) is 6.29 Å². The first-order chi connectivity index (χ1) is 10.8. The Morgan fingerprint density at radius 1 is 1.27 bits per heavy atom. The van der Waals surface area contributed by atoms with Crippen molar-refractivity contribution >= 4 is 12.2 Å². The molecule has 22 heavy (non-hydrogen) atoms. The number of hydrogen-bond acceptors (Lipinski definition) is 4. The van der Waals surface area contributed by atoms with Gasteiger partial charge in [-0.3, -0.25) is 14.6 Å². The number of amides is 1. The van der Waals surface area contributed by atoms with Crippen LogP contribution in [0.3, 0.4) is 0 Å². The first-order valence-electron chi connectivity index (χ1n) is 7.16. The van der Waals surface area contributed by atoms with Crippen molar-refractivity contribution in [1.29, 1.82) is 0 Å². The lowest BCUT2D eigenvalue weighted by Crippen LogP contribution is -2.37. The second-order valence-electron chi connectivity index (χ2n) is 5.09. The Kier molecular flexibility index (Phi) is 4.14. The summed E-state index contributed by atoms with van der Waals surface area (Å²) in [7, 11) is 0. The van der Waals surface area contributed by atoms with Crippen molar-refractivity contribution in [3.63, 3.8) is 0 Å². The van der Waals surface area contributed by atoms with E-state index in [4.69, 9.17) is 4.74 Å². The molecule has 0 saturated carbocycles. The molecule has 2 aromatic rings. The van der Waals surface area contributed by atoms with Crippen molar-refractivity contribution in [3.05, 3.63) is 59.4 Å². The summed E-state index contributed by atoms with van der Waals surface area (Å²) < 4.78 is 5.28. The number of pyridine rings is 1. The normalized spacial score (nSPS) is 13.6. The Morgan fingerprint density at radius 3 is 2.95 bits per heavy atom. The second kappa shape index (κ2) is 6.39. The number of fused-ring (bicyclic) bond motifs is 1. The Balaban J connectivity index is 1.76. The smallest absolute Gasteiger partial charge is 0.254 e. The van der Waals surface area contributed by atoms with Gasteiger partial charge in [-0.25, -0.2) is 0 Å². The number of benzene rings is 1. The molecular weight excluding hydrogens is 280 g/mol. The summed E-state index contributed by atoms with van der Waals surface area (Å²) in [4.78, 5) is 29.0. The zero-order valence-corrected chi connectivity index (χ0v) is 12.1. The van der Waals surface area contributed by atoms with E-state index in [-0.39, 0.29) is 12.5 Å². The molecule has 0 fully saturated rings. The molecule has 0 radical (unpaired) electrons. The molecule has 0 N–H and O–H groups in total. The van der Waals surface area contributed by atoms with Gasteiger partial charge < -0.3 is 9.64 Å². The third-order valence-corrected chi connectivity index (χ3v) is 3.64. The highest BCUT2D eigenvalue weighted by Crippen LogP contribution is 2.24. The molecule has 1 amide bonds. The van der Waals surface area contributed by atoms with Crippen LogP contribution in [0.1, 0.15) is 21.6 Å². The van der Waals surface area contributed by atoms with Crippen LogP contribution in [0.4, 0.5) is 0 Å². The predicted octanol–water partition coefficient (Wildman–Crippen LogP) is 1.86. The maximum atomic E-state index is 12.5. The van der Waals surface area contributed by atoms with Crippen molar-refractivity contribution in [3.8, 4) is 5.75 Å². The van der Waals surface area contributed by atoms with Crippen LogP contribution in [0, 0.1) is 0 Å². The van der Waals surface area contributed by atoms with Crippen molar-refractivity contribution < 1.29 is 14.3 Å². The maximum absolute atomic E-state index is 12.5. The van der Waals surface area contributed by atoms with E-state index < -0.39 is 0 Å². The van der Waals surface area contributed by atoms with Gasteiger partial charge in [0, 0.05) is 18.3 Å². The second-order valence-corrected chi connectivity index (χ2v) is 5.09. The Labute approximate surface area is 128 Å². The number of aldehydes is 1. The van der Waals surface area contributed by atoms with E-state index >= 15 is 0 Å². The lowest BCUT2D eigenvalue weighted by molar-refractivity contribution is -0.109. The van der Waals surface area contributed by atoms with Crippen LogP contribution in [0.2, 0.25) is 0 Å². The SMILES string of the molecule is O=CCOc1ccc2c(c1)CCN(Cc1ccccn1)C2=O. The number of carbonyl (C=O) groups is 2. The molecular formula is C17H16N2O3. The molecule has 5 heteroatoms. The fraction of sp³-hybridized carbons (Fsp3) is 0.235. The average molecular weight is 296 g/mol. The van der Waals surface area contributed by atoms with E-state index in [1.807, 2.05) is 24.3 Å². The third kappa shape index (κ3) is 2.98. The average Bonchev–Trinajstić information content (AvgIpc) is 2.56. The number of ether oxygens (including phenoxy) is 1. The monoisotopic (exact) mass is 296 g/mol. The molecule has 0 spiro atoms. The topological polar surface area (TPSA) is 59.5 Å². The van der Waals surface area contributed by atoms with E-state index in [2.05, 4.69) is 4.98 Å². The van der Waals surface area contributed by atoms with Crippen LogP contribution in [0.25, 0.3) is 0 Å². The first-order valence-corrected chi connectivity index (χ1v) is 7.16. The highest BCUT2D eigenvalue weighted by atomic mass is 16.5. The number of carbonyl (C=O) groups excluding carboxylic acids is 2. The molecule has 1 aliphatic heterocycles. The summed E-state index contributed by atoms with van der Waals surface area (Å²) in [6.07, 6.45) is 3.21. The fourth-order valence-electron chi connectivity index (χ4n) is 2.57. The minimum atomic E-state index is 0.00819. The fourth-order valence-corrected chi connectivity index (χ4v) is 2.57. The Morgan fingerprint density at radius 2 is 2.18 bits per heavy atom. The van der Waals surface area contributed by atoms with Crippen LogP contribution >= 0.6 is 0 Å². The molecule has 0 atom stereocenters. The number of hydrogen-bond donors (Lipinski definition) is 0. The minimum absolute atomic E-state index is 0.00819. The van der Waals surface area contributed by atoms with Gasteiger partial charge in [-0.1, -0.05) is 6.07 Å². The van der Waals surface area contributed by atoms with E-state index in [0.29, 0.717) is 30.7 Å². The molecule has 2 heterocycles. The third-order valence-electron chi connectivity index (χ3n) is 3.64. The Bertz CT molecular complexity index is 686. The highest BCUT2D eigenvalue weighted by Gasteiger charge is 2.24. The number of aromatic nitrogens is 1. The van der Waals surface area contributed by atoms with Gasteiger partial charge in [-0.05, 0) is 42.3 Å². The van der Waals surface area contributed by atoms with Gasteiger partial charge in [0.05, 0.1) is 12.2 Å². The van der Waals surface area contributed by atoms with Crippen LogP contribution in [0.5, 0.6) is 5.75 Å². The van der Waals surface area contributed by atoms with Crippen LogP contribution < -0.4 is 4.74 Å². The maximum Gasteiger partial charge on any atom is 0.254 e. The standard InChI is InChI=1S/C17H16N2O3/c20-9-10-22-15-4-5-16-13(11-15)6-8-19(17(16)21)12-14-3-1-2-7-18-14/h1-5,7,9,11H,6,8,10,12H2. The first kappa shape index (κ1) is 14.3. The summed E-state index contributed by atoms with van der Waals surface area (Å²) in [5.74, 6) is 0.630. The van der Waals surface area contributed by atoms with Gasteiger partial charge >= 0.3 is 0 Å². The largest absolute Gasteiger partial charge is 0.486 e. The van der Waals surface area contributed by atoms with E-state index in [1.54, 1.807) is 23.2 Å². The van der Waals surface area contributed by atoms with E-state index in [0.717, 1.165) is 17.7 Å². The minimum Gasteiger partial charge on any atom is -0.486 e. The van der Waals surface area contributed by atoms with Gasteiger partial charge in [0.2, 0.25) is 0 Å². The predicted molar refractivity (Wildman–Crippen MR) is 80.7 cm³/mol. The van der Waals surface area contributed by atoms with Gasteiger partial charge in [-0.2, -0.15) is 0 Å².